The topological polar surface area (TPSA) is 65.1 Å². The van der Waals surface area contributed by atoms with Crippen LogP contribution in [0.5, 0.6) is 0 Å². The third kappa shape index (κ3) is 3.46. The third-order valence-electron chi connectivity index (χ3n) is 2.55. The number of carbonyl (C=O) groups is 2. The van der Waals surface area contributed by atoms with E-state index in [1.807, 2.05) is 4.90 Å². The van der Waals surface area contributed by atoms with Crippen molar-refractivity contribution in [3.05, 3.63) is 0 Å². The summed E-state index contributed by atoms with van der Waals surface area (Å²) in [6, 6.07) is -0.568. The maximum absolute atomic E-state index is 11.6. The van der Waals surface area contributed by atoms with Gasteiger partial charge in [-0.2, -0.15) is 0 Å². The van der Waals surface area contributed by atoms with Crippen molar-refractivity contribution >= 4 is 11.9 Å². The van der Waals surface area contributed by atoms with Crippen LogP contribution >= 0.6 is 0 Å². The van der Waals surface area contributed by atoms with Gasteiger partial charge in [0.25, 0.3) is 0 Å². The molecule has 0 bridgehead atoms. The van der Waals surface area contributed by atoms with Gasteiger partial charge in [0, 0.05) is 13.1 Å². The van der Waals surface area contributed by atoms with E-state index >= 15 is 0 Å². The predicted octanol–water partition coefficient (Wildman–Crippen LogP) is -0.577. The number of carbonyl (C=O) groups excluding carboxylic acids is 2. The summed E-state index contributed by atoms with van der Waals surface area (Å²) in [7, 11) is 2.61. The average molecular weight is 231 g/mol. The fourth-order valence-electron chi connectivity index (χ4n) is 1.63. The standard InChI is InChI=1S/C10H17NO5/c1-14-9(12)7-8(10(13)15-2)11-3-5-16-6-4-11/h8H,3-7H2,1-2H3/t8-/m0/s1. The molecule has 6 heteroatoms. The number of rotatable bonds is 4. The summed E-state index contributed by atoms with van der Waals surface area (Å²) < 4.78 is 14.4. The Labute approximate surface area is 94.4 Å². The van der Waals surface area contributed by atoms with Gasteiger partial charge in [0.2, 0.25) is 0 Å². The van der Waals surface area contributed by atoms with Crippen LogP contribution in [-0.4, -0.2) is 63.4 Å². The van der Waals surface area contributed by atoms with E-state index in [1.54, 1.807) is 0 Å². The second kappa shape index (κ2) is 6.44. The van der Waals surface area contributed by atoms with Crippen LogP contribution in [0.3, 0.4) is 0 Å². The summed E-state index contributed by atoms with van der Waals surface area (Å²) in [4.78, 5) is 24.6. The molecule has 0 radical (unpaired) electrons. The highest BCUT2D eigenvalue weighted by Gasteiger charge is 2.30. The molecule has 16 heavy (non-hydrogen) atoms. The molecule has 1 aliphatic rings. The minimum Gasteiger partial charge on any atom is -0.469 e. The monoisotopic (exact) mass is 231 g/mol. The molecule has 0 spiro atoms. The van der Waals surface area contributed by atoms with Crippen molar-refractivity contribution in [1.29, 1.82) is 0 Å². The first-order valence-electron chi connectivity index (χ1n) is 5.15. The fraction of sp³-hybridized carbons (Fsp3) is 0.800. The van der Waals surface area contributed by atoms with Gasteiger partial charge >= 0.3 is 11.9 Å². The molecule has 1 atom stereocenters. The molecule has 0 unspecified atom stereocenters. The zero-order valence-electron chi connectivity index (χ0n) is 9.60. The van der Waals surface area contributed by atoms with Gasteiger partial charge < -0.3 is 14.2 Å². The summed E-state index contributed by atoms with van der Waals surface area (Å²) in [6.45, 7) is 2.37. The lowest BCUT2D eigenvalue weighted by Gasteiger charge is -2.31. The molecule has 1 heterocycles. The smallest absolute Gasteiger partial charge is 0.323 e. The molecule has 0 amide bonds. The molecule has 1 saturated heterocycles. The third-order valence-corrected chi connectivity index (χ3v) is 2.55. The van der Waals surface area contributed by atoms with Crippen LogP contribution in [-0.2, 0) is 23.8 Å². The molecule has 0 aliphatic carbocycles. The largest absolute Gasteiger partial charge is 0.469 e. The van der Waals surface area contributed by atoms with E-state index in [4.69, 9.17) is 4.74 Å². The highest BCUT2D eigenvalue weighted by molar-refractivity contribution is 5.82. The van der Waals surface area contributed by atoms with Crippen molar-refractivity contribution in [2.75, 3.05) is 40.5 Å². The van der Waals surface area contributed by atoms with Crippen LogP contribution in [0.2, 0.25) is 0 Å². The maximum Gasteiger partial charge on any atom is 0.323 e. The summed E-state index contributed by atoms with van der Waals surface area (Å²) in [6.07, 6.45) is 0.0170. The van der Waals surface area contributed by atoms with E-state index in [1.165, 1.54) is 14.2 Å². The van der Waals surface area contributed by atoms with Crippen molar-refractivity contribution in [1.82, 2.24) is 4.90 Å². The van der Waals surface area contributed by atoms with Gasteiger partial charge in [-0.15, -0.1) is 0 Å². The zero-order chi connectivity index (χ0) is 12.0. The number of morpholine rings is 1. The van der Waals surface area contributed by atoms with Crippen molar-refractivity contribution in [3.63, 3.8) is 0 Å². The lowest BCUT2D eigenvalue weighted by Crippen LogP contribution is -2.48. The van der Waals surface area contributed by atoms with Crippen LogP contribution in [0.15, 0.2) is 0 Å². The maximum atomic E-state index is 11.6. The van der Waals surface area contributed by atoms with E-state index in [-0.39, 0.29) is 6.42 Å². The molecule has 1 fully saturated rings. The molecule has 0 aromatic rings. The number of hydrogen-bond donors (Lipinski definition) is 0. The van der Waals surface area contributed by atoms with E-state index < -0.39 is 18.0 Å². The van der Waals surface area contributed by atoms with Gasteiger partial charge in [-0.05, 0) is 0 Å². The highest BCUT2D eigenvalue weighted by atomic mass is 16.5. The Morgan fingerprint density at radius 2 is 1.88 bits per heavy atom. The van der Waals surface area contributed by atoms with E-state index in [2.05, 4.69) is 9.47 Å². The minimum atomic E-state index is -0.568. The predicted molar refractivity (Wildman–Crippen MR) is 54.8 cm³/mol. The van der Waals surface area contributed by atoms with Gasteiger partial charge in [0.05, 0.1) is 33.9 Å². The molecule has 1 aliphatic heterocycles. The first kappa shape index (κ1) is 12.9. The second-order valence-electron chi connectivity index (χ2n) is 3.47. The number of ether oxygens (including phenoxy) is 3. The summed E-state index contributed by atoms with van der Waals surface area (Å²) in [5.74, 6) is -0.825. The van der Waals surface area contributed by atoms with Crippen LogP contribution in [0, 0.1) is 0 Å². The first-order chi connectivity index (χ1) is 7.69. The molecule has 1 rings (SSSR count). The van der Waals surface area contributed by atoms with Crippen molar-refractivity contribution in [2.24, 2.45) is 0 Å². The zero-order valence-corrected chi connectivity index (χ0v) is 9.60. The van der Waals surface area contributed by atoms with Crippen LogP contribution < -0.4 is 0 Å². The lowest BCUT2D eigenvalue weighted by atomic mass is 10.1. The lowest BCUT2D eigenvalue weighted by molar-refractivity contribution is -0.155. The Kier molecular flexibility index (Phi) is 5.21. The number of esters is 2. The van der Waals surface area contributed by atoms with Gasteiger partial charge in [0.1, 0.15) is 6.04 Å². The van der Waals surface area contributed by atoms with E-state index in [0.29, 0.717) is 26.3 Å². The van der Waals surface area contributed by atoms with Crippen LogP contribution in [0.1, 0.15) is 6.42 Å². The first-order valence-corrected chi connectivity index (χ1v) is 5.15. The quantitative estimate of drug-likeness (QED) is 0.603. The van der Waals surface area contributed by atoms with Crippen molar-refractivity contribution in [2.45, 2.75) is 12.5 Å². The van der Waals surface area contributed by atoms with Gasteiger partial charge in [-0.25, -0.2) is 0 Å². The molecular weight excluding hydrogens is 214 g/mol. The summed E-state index contributed by atoms with van der Waals surface area (Å²) in [5.41, 5.74) is 0. The fourth-order valence-corrected chi connectivity index (χ4v) is 1.63. The van der Waals surface area contributed by atoms with Crippen LogP contribution in [0.25, 0.3) is 0 Å². The Balaban J connectivity index is 2.61. The number of nitrogens with zero attached hydrogens (tertiary/aromatic N) is 1. The number of methoxy groups -OCH3 is 2. The number of hydrogen-bond acceptors (Lipinski definition) is 6. The molecule has 0 N–H and O–H groups in total. The molecule has 0 aromatic heterocycles. The van der Waals surface area contributed by atoms with Gasteiger partial charge in [0.15, 0.2) is 0 Å². The normalized spacial score (nSPS) is 18.9. The second-order valence-corrected chi connectivity index (χ2v) is 3.47. The Hall–Kier alpha value is -1.14. The molecule has 0 saturated carbocycles. The summed E-state index contributed by atoms with van der Waals surface area (Å²) >= 11 is 0. The van der Waals surface area contributed by atoms with E-state index in [9.17, 15) is 9.59 Å². The molecule has 92 valence electrons. The SMILES string of the molecule is COC(=O)C[C@@H](C(=O)OC)N1CCOCC1. The molecule has 6 nitrogen and oxygen atoms in total. The van der Waals surface area contributed by atoms with Gasteiger partial charge in [-0.1, -0.05) is 0 Å². The van der Waals surface area contributed by atoms with Crippen molar-refractivity contribution in [3.8, 4) is 0 Å². The van der Waals surface area contributed by atoms with E-state index in [0.717, 1.165) is 0 Å². The van der Waals surface area contributed by atoms with Crippen LogP contribution in [0.4, 0.5) is 0 Å². The molecule has 0 aromatic carbocycles. The Morgan fingerprint density at radius 3 is 2.38 bits per heavy atom. The average Bonchev–Trinajstić information content (AvgIpc) is 2.35. The Bertz CT molecular complexity index is 250. The summed E-state index contributed by atoms with van der Waals surface area (Å²) in [5, 5.41) is 0. The highest BCUT2D eigenvalue weighted by Crippen LogP contribution is 2.10. The Morgan fingerprint density at radius 1 is 1.25 bits per heavy atom. The van der Waals surface area contributed by atoms with Gasteiger partial charge in [-0.3, -0.25) is 14.5 Å². The molecular formula is C10H17NO5. The minimum absolute atomic E-state index is 0.0170. The van der Waals surface area contributed by atoms with Crippen molar-refractivity contribution < 1.29 is 23.8 Å².